The summed E-state index contributed by atoms with van der Waals surface area (Å²) in [6.07, 6.45) is 0. The molecule has 2 aromatic heterocycles. The first-order valence-electron chi connectivity index (χ1n) is 19.8. The average molecular weight is 728 g/mol. The Balaban J connectivity index is 1.02. The topological polar surface area (TPSA) is 18.1 Å². The van der Waals surface area contributed by atoms with Crippen LogP contribution in [0.4, 0.5) is 0 Å². The first-order chi connectivity index (χ1) is 28.0. The molecule has 2 heterocycles. The van der Waals surface area contributed by atoms with E-state index in [1.807, 2.05) is 0 Å². The zero-order valence-electron chi connectivity index (χ0n) is 31.8. The molecule has 268 valence electrons. The van der Waals surface area contributed by atoms with Gasteiger partial charge < -0.3 is 8.98 Å². The van der Waals surface area contributed by atoms with Crippen LogP contribution in [0.2, 0.25) is 0 Å². The van der Waals surface area contributed by atoms with Crippen LogP contribution in [-0.4, -0.2) is 4.57 Å². The van der Waals surface area contributed by atoms with Gasteiger partial charge >= 0.3 is 0 Å². The number of benzene rings is 9. The molecule has 0 saturated carbocycles. The van der Waals surface area contributed by atoms with Crippen LogP contribution in [0.1, 0.15) is 25.0 Å². The summed E-state index contributed by atoms with van der Waals surface area (Å²) >= 11 is 0. The summed E-state index contributed by atoms with van der Waals surface area (Å²) in [4.78, 5) is 0. The van der Waals surface area contributed by atoms with Gasteiger partial charge in [-0.05, 0) is 91.7 Å². The minimum atomic E-state index is -0.0782. The second-order valence-electron chi connectivity index (χ2n) is 16.1. The van der Waals surface area contributed by atoms with Crippen LogP contribution in [0.5, 0.6) is 0 Å². The van der Waals surface area contributed by atoms with Crippen molar-refractivity contribution in [2.24, 2.45) is 0 Å². The fraction of sp³-hybridized carbons (Fsp3) is 0.0545. The largest absolute Gasteiger partial charge is 0.455 e. The number of rotatable bonds is 4. The van der Waals surface area contributed by atoms with E-state index in [9.17, 15) is 0 Å². The highest BCUT2D eigenvalue weighted by Crippen LogP contribution is 2.53. The summed E-state index contributed by atoms with van der Waals surface area (Å²) in [7, 11) is 0. The first kappa shape index (κ1) is 32.1. The smallest absolute Gasteiger partial charge is 0.143 e. The van der Waals surface area contributed by atoms with Gasteiger partial charge in [-0.3, -0.25) is 0 Å². The van der Waals surface area contributed by atoms with E-state index in [1.54, 1.807) is 0 Å². The lowest BCUT2D eigenvalue weighted by Crippen LogP contribution is -2.14. The molecule has 0 N–H and O–H groups in total. The van der Waals surface area contributed by atoms with Crippen molar-refractivity contribution in [2.45, 2.75) is 19.3 Å². The molecule has 57 heavy (non-hydrogen) atoms. The van der Waals surface area contributed by atoms with E-state index in [4.69, 9.17) is 4.42 Å². The maximum Gasteiger partial charge on any atom is 0.143 e. The molecule has 0 spiro atoms. The van der Waals surface area contributed by atoms with Crippen LogP contribution in [0.15, 0.2) is 192 Å². The zero-order valence-corrected chi connectivity index (χ0v) is 31.8. The van der Waals surface area contributed by atoms with Gasteiger partial charge in [-0.25, -0.2) is 0 Å². The minimum absolute atomic E-state index is 0.0782. The summed E-state index contributed by atoms with van der Waals surface area (Å²) in [5.74, 6) is 0. The second-order valence-corrected chi connectivity index (χ2v) is 16.1. The van der Waals surface area contributed by atoms with Gasteiger partial charge in [0.05, 0.1) is 11.0 Å². The molecule has 1 aliphatic carbocycles. The number of hydrogen-bond donors (Lipinski definition) is 0. The molecule has 2 heteroatoms. The number of furan rings is 1. The van der Waals surface area contributed by atoms with Crippen molar-refractivity contribution >= 4 is 54.5 Å². The summed E-state index contributed by atoms with van der Waals surface area (Å²) in [5, 5.41) is 7.30. The van der Waals surface area contributed by atoms with Crippen LogP contribution in [0.3, 0.4) is 0 Å². The predicted octanol–water partition coefficient (Wildman–Crippen LogP) is 15.1. The van der Waals surface area contributed by atoms with Crippen molar-refractivity contribution in [3.8, 4) is 50.2 Å². The molecular formula is C55H37NO. The van der Waals surface area contributed by atoms with Crippen molar-refractivity contribution in [1.29, 1.82) is 0 Å². The van der Waals surface area contributed by atoms with Crippen molar-refractivity contribution in [3.05, 3.63) is 199 Å². The van der Waals surface area contributed by atoms with E-state index in [-0.39, 0.29) is 5.41 Å². The lowest BCUT2D eigenvalue weighted by Gasteiger charge is -2.21. The molecule has 12 rings (SSSR count). The van der Waals surface area contributed by atoms with Gasteiger partial charge in [0, 0.05) is 43.8 Å². The number of aromatic nitrogens is 1. The molecule has 11 aromatic rings. The summed E-state index contributed by atoms with van der Waals surface area (Å²) in [6, 6.07) is 68.8. The Bertz CT molecular complexity index is 3410. The average Bonchev–Trinajstić information content (AvgIpc) is 3.89. The number of para-hydroxylation sites is 1. The van der Waals surface area contributed by atoms with E-state index in [0.717, 1.165) is 38.8 Å². The first-order valence-corrected chi connectivity index (χ1v) is 19.8. The van der Waals surface area contributed by atoms with Crippen LogP contribution >= 0.6 is 0 Å². The van der Waals surface area contributed by atoms with E-state index in [1.165, 1.54) is 77.1 Å². The molecule has 0 unspecified atom stereocenters. The fourth-order valence-corrected chi connectivity index (χ4v) is 9.82. The number of fused-ring (bicyclic) bond motifs is 11. The quantitative estimate of drug-likeness (QED) is 0.177. The molecule has 0 atom stereocenters. The Labute approximate surface area is 330 Å². The summed E-state index contributed by atoms with van der Waals surface area (Å²) in [6.45, 7) is 4.64. The van der Waals surface area contributed by atoms with Gasteiger partial charge in [-0.15, -0.1) is 0 Å². The summed E-state index contributed by atoms with van der Waals surface area (Å²) in [5.41, 5.74) is 17.6. The highest BCUT2D eigenvalue weighted by Gasteiger charge is 2.37. The minimum Gasteiger partial charge on any atom is -0.455 e. The highest BCUT2D eigenvalue weighted by molar-refractivity contribution is 6.15. The van der Waals surface area contributed by atoms with Crippen LogP contribution in [0.25, 0.3) is 105 Å². The third kappa shape index (κ3) is 4.65. The van der Waals surface area contributed by atoms with Gasteiger partial charge in [0.25, 0.3) is 0 Å². The number of nitrogens with zero attached hydrogens (tertiary/aromatic N) is 1. The van der Waals surface area contributed by atoms with Gasteiger partial charge in [0.2, 0.25) is 0 Å². The lowest BCUT2D eigenvalue weighted by molar-refractivity contribution is 0.653. The molecule has 1 aliphatic rings. The maximum absolute atomic E-state index is 6.97. The monoisotopic (exact) mass is 727 g/mol. The molecule has 0 fully saturated rings. The standard InChI is InChI=1S/C55H37NO/c1-55(2)48-21-9-8-17-45(48)52-49(55)29-28-44-43-20-11-19-42(53(43)57-54(44)52)36-22-26-39(27-23-36)56-50-30-24-37(34-12-4-3-5-13-34)32-46(50)47-33-38(25-31-51(47)56)41-18-10-15-35-14-6-7-16-40(35)41/h3-33H,1-2H3. The van der Waals surface area contributed by atoms with E-state index in [0.29, 0.717) is 0 Å². The van der Waals surface area contributed by atoms with Gasteiger partial charge in [-0.2, -0.15) is 0 Å². The lowest BCUT2D eigenvalue weighted by atomic mass is 9.82. The Morgan fingerprint density at radius 1 is 0.386 bits per heavy atom. The van der Waals surface area contributed by atoms with Gasteiger partial charge in [-0.1, -0.05) is 166 Å². The summed E-state index contributed by atoms with van der Waals surface area (Å²) < 4.78 is 9.38. The van der Waals surface area contributed by atoms with E-state index in [2.05, 4.69) is 206 Å². The van der Waals surface area contributed by atoms with Crippen molar-refractivity contribution in [2.75, 3.05) is 0 Å². The van der Waals surface area contributed by atoms with Crippen molar-refractivity contribution in [1.82, 2.24) is 4.57 Å². The zero-order chi connectivity index (χ0) is 37.8. The highest BCUT2D eigenvalue weighted by atomic mass is 16.3. The molecule has 2 nitrogen and oxygen atoms in total. The third-order valence-corrected chi connectivity index (χ3v) is 12.6. The normalized spacial score (nSPS) is 13.2. The van der Waals surface area contributed by atoms with Gasteiger partial charge in [0.1, 0.15) is 11.2 Å². The van der Waals surface area contributed by atoms with E-state index < -0.39 is 0 Å². The Morgan fingerprint density at radius 2 is 1.00 bits per heavy atom. The molecule has 0 radical (unpaired) electrons. The van der Waals surface area contributed by atoms with E-state index >= 15 is 0 Å². The Hall–Kier alpha value is -7.16. The SMILES string of the molecule is CC1(C)c2ccccc2-c2c1ccc1c2oc2c(-c3ccc(-n4c5ccc(-c6ccccc6)cc5c5cc(-c6cccc7ccccc67)ccc54)cc3)cccc21. The predicted molar refractivity (Wildman–Crippen MR) is 239 cm³/mol. The molecule has 0 aliphatic heterocycles. The second kappa shape index (κ2) is 11.9. The van der Waals surface area contributed by atoms with Crippen molar-refractivity contribution < 1.29 is 4.42 Å². The van der Waals surface area contributed by atoms with Crippen LogP contribution in [-0.2, 0) is 5.41 Å². The number of hydrogen-bond acceptors (Lipinski definition) is 1. The molecule has 0 amide bonds. The molecule has 9 aromatic carbocycles. The fourth-order valence-electron chi connectivity index (χ4n) is 9.82. The Kier molecular flexibility index (Phi) is 6.72. The molecular weight excluding hydrogens is 691 g/mol. The molecule has 0 saturated heterocycles. The third-order valence-electron chi connectivity index (χ3n) is 12.6. The maximum atomic E-state index is 6.97. The Morgan fingerprint density at radius 3 is 1.84 bits per heavy atom. The van der Waals surface area contributed by atoms with Crippen LogP contribution < -0.4 is 0 Å². The molecule has 0 bridgehead atoms. The van der Waals surface area contributed by atoms with Crippen LogP contribution in [0, 0.1) is 0 Å². The van der Waals surface area contributed by atoms with Gasteiger partial charge in [0.15, 0.2) is 0 Å². The van der Waals surface area contributed by atoms with Crippen molar-refractivity contribution in [3.63, 3.8) is 0 Å².